The summed E-state index contributed by atoms with van der Waals surface area (Å²) in [4.78, 5) is 10.1. The van der Waals surface area contributed by atoms with Crippen molar-refractivity contribution in [3.05, 3.63) is 194 Å². The lowest BCUT2D eigenvalue weighted by Gasteiger charge is -2.13. The van der Waals surface area contributed by atoms with E-state index in [2.05, 4.69) is 191 Å². The van der Waals surface area contributed by atoms with Gasteiger partial charge in [0.05, 0.1) is 33.4 Å². The fourth-order valence-electron chi connectivity index (χ4n) is 9.59. The van der Waals surface area contributed by atoms with Crippen molar-refractivity contribution >= 4 is 87.4 Å². The Hall–Kier alpha value is -8.02. The Morgan fingerprint density at radius 3 is 1.92 bits per heavy atom. The second-order valence-electron chi connectivity index (χ2n) is 15.3. The van der Waals surface area contributed by atoms with Crippen LogP contribution in [0.25, 0.3) is 121 Å². The average molecular weight is 753 g/mol. The van der Waals surface area contributed by atoms with Crippen molar-refractivity contribution in [2.45, 2.75) is 0 Å². The van der Waals surface area contributed by atoms with Crippen LogP contribution in [0.1, 0.15) is 0 Å². The molecule has 0 saturated heterocycles. The Morgan fingerprint density at radius 2 is 1.08 bits per heavy atom. The minimum Gasteiger partial charge on any atom is -0.456 e. The fraction of sp³-hybridized carbons (Fsp3) is 0. The van der Waals surface area contributed by atoms with Crippen molar-refractivity contribution in [2.75, 3.05) is 0 Å². The van der Waals surface area contributed by atoms with Crippen molar-refractivity contribution in [3.8, 4) is 33.8 Å². The predicted molar refractivity (Wildman–Crippen MR) is 244 cm³/mol. The van der Waals surface area contributed by atoms with Gasteiger partial charge in [-0.2, -0.15) is 0 Å². The number of pyridine rings is 2. The maximum atomic E-state index is 6.59. The van der Waals surface area contributed by atoms with Crippen LogP contribution in [0.2, 0.25) is 0 Å². The highest BCUT2D eigenvalue weighted by molar-refractivity contribution is 6.22. The molecule has 0 radical (unpaired) electrons. The average Bonchev–Trinajstić information content (AvgIpc) is 3.96. The SMILES string of the molecule is c1ccc(-n2c3ccc(-c4ccc5oc6cccc(-c7cc(-n8c9ccccc9c9ccccc98)c8cccnc8n7)c6c5c4)cc3c3c4ccccc4ccc32)cc1. The lowest BCUT2D eigenvalue weighted by atomic mass is 9.97. The van der Waals surface area contributed by atoms with E-state index in [1.54, 1.807) is 0 Å². The molecule has 0 atom stereocenters. The molecule has 0 fully saturated rings. The fourth-order valence-corrected chi connectivity index (χ4v) is 9.59. The third-order valence-corrected chi connectivity index (χ3v) is 12.2. The van der Waals surface area contributed by atoms with E-state index in [9.17, 15) is 0 Å². The molecule has 8 aromatic carbocycles. The molecule has 0 aliphatic rings. The van der Waals surface area contributed by atoms with Crippen LogP contribution in [-0.2, 0) is 0 Å². The molecule has 5 aromatic heterocycles. The summed E-state index contributed by atoms with van der Waals surface area (Å²) in [5.74, 6) is 0. The number of para-hydroxylation sites is 3. The van der Waals surface area contributed by atoms with Crippen LogP contribution >= 0.6 is 0 Å². The van der Waals surface area contributed by atoms with Crippen LogP contribution in [0.15, 0.2) is 199 Å². The highest BCUT2D eigenvalue weighted by Gasteiger charge is 2.21. The molecular weight excluding hydrogens is 721 g/mol. The minimum absolute atomic E-state index is 0.697. The van der Waals surface area contributed by atoms with Crippen molar-refractivity contribution in [3.63, 3.8) is 0 Å². The van der Waals surface area contributed by atoms with Crippen molar-refractivity contribution in [1.82, 2.24) is 19.1 Å². The van der Waals surface area contributed by atoms with Crippen LogP contribution in [0.3, 0.4) is 0 Å². The summed E-state index contributed by atoms with van der Waals surface area (Å²) in [6, 6.07) is 67.2. The van der Waals surface area contributed by atoms with Crippen LogP contribution < -0.4 is 0 Å². The van der Waals surface area contributed by atoms with Gasteiger partial charge < -0.3 is 13.6 Å². The quantitative estimate of drug-likeness (QED) is 0.180. The van der Waals surface area contributed by atoms with Crippen molar-refractivity contribution in [1.29, 1.82) is 0 Å². The van der Waals surface area contributed by atoms with Crippen molar-refractivity contribution in [2.24, 2.45) is 0 Å². The van der Waals surface area contributed by atoms with Gasteiger partial charge in [0.2, 0.25) is 0 Å². The van der Waals surface area contributed by atoms with Gasteiger partial charge in [0, 0.05) is 55.2 Å². The summed E-state index contributed by atoms with van der Waals surface area (Å²) in [6.45, 7) is 0. The lowest BCUT2D eigenvalue weighted by molar-refractivity contribution is 0.669. The summed E-state index contributed by atoms with van der Waals surface area (Å²) in [5.41, 5.74) is 13.3. The zero-order chi connectivity index (χ0) is 38.6. The van der Waals surface area contributed by atoms with Gasteiger partial charge in [0.1, 0.15) is 11.2 Å². The van der Waals surface area contributed by atoms with Gasteiger partial charge in [0.25, 0.3) is 0 Å². The molecular formula is C54H32N4O. The van der Waals surface area contributed by atoms with E-state index in [4.69, 9.17) is 14.4 Å². The number of nitrogens with zero attached hydrogens (tertiary/aromatic N) is 4. The third kappa shape index (κ3) is 4.67. The maximum absolute atomic E-state index is 6.59. The van der Waals surface area contributed by atoms with Crippen molar-refractivity contribution < 1.29 is 4.42 Å². The highest BCUT2D eigenvalue weighted by Crippen LogP contribution is 2.43. The number of furan rings is 1. The standard InChI is InChI=1S/C54H32N4O/c1-2-13-36(14-3-1)57-47-26-24-34(30-42(47)52-37-15-5-4-12-33(37)23-27-48(52)57)35-25-28-50-43(31-35)53-40(18-10-22-51(53)59-50)44-32-49(41-19-11-29-55-54(41)56-44)58-45-20-8-6-16-38(45)39-17-7-9-21-46(39)58/h1-32H. The maximum Gasteiger partial charge on any atom is 0.161 e. The van der Waals surface area contributed by atoms with E-state index in [-0.39, 0.29) is 0 Å². The first-order valence-electron chi connectivity index (χ1n) is 20.0. The van der Waals surface area contributed by atoms with E-state index < -0.39 is 0 Å². The molecule has 5 nitrogen and oxygen atoms in total. The molecule has 0 aliphatic carbocycles. The van der Waals surface area contributed by atoms with E-state index in [0.717, 1.165) is 72.1 Å². The van der Waals surface area contributed by atoms with E-state index in [0.29, 0.717) is 5.65 Å². The minimum atomic E-state index is 0.697. The summed E-state index contributed by atoms with van der Waals surface area (Å²) in [5, 5.41) is 10.5. The zero-order valence-corrected chi connectivity index (χ0v) is 31.7. The smallest absolute Gasteiger partial charge is 0.161 e. The number of benzene rings is 8. The second-order valence-corrected chi connectivity index (χ2v) is 15.3. The highest BCUT2D eigenvalue weighted by atomic mass is 16.3. The molecule has 59 heavy (non-hydrogen) atoms. The molecule has 0 unspecified atom stereocenters. The molecule has 5 heteroatoms. The number of hydrogen-bond donors (Lipinski definition) is 0. The summed E-state index contributed by atoms with van der Waals surface area (Å²) in [6.07, 6.45) is 1.83. The van der Waals surface area contributed by atoms with Crippen LogP contribution in [0.4, 0.5) is 0 Å². The first kappa shape index (κ1) is 32.1. The van der Waals surface area contributed by atoms with Gasteiger partial charge in [-0.25, -0.2) is 9.97 Å². The number of fused-ring (bicyclic) bond motifs is 12. The summed E-state index contributed by atoms with van der Waals surface area (Å²) < 4.78 is 11.3. The molecule has 274 valence electrons. The van der Waals surface area contributed by atoms with E-state index >= 15 is 0 Å². The lowest BCUT2D eigenvalue weighted by Crippen LogP contribution is -1.99. The molecule has 13 rings (SSSR count). The number of aromatic nitrogens is 4. The Labute approximate surface area is 337 Å². The topological polar surface area (TPSA) is 48.8 Å². The van der Waals surface area contributed by atoms with E-state index in [1.165, 1.54) is 43.4 Å². The van der Waals surface area contributed by atoms with Gasteiger partial charge in [-0.05, 0) is 101 Å². The van der Waals surface area contributed by atoms with Gasteiger partial charge in [-0.15, -0.1) is 0 Å². The molecule has 0 spiro atoms. The summed E-state index contributed by atoms with van der Waals surface area (Å²) >= 11 is 0. The Bertz CT molecular complexity index is 3800. The Morgan fingerprint density at radius 1 is 0.407 bits per heavy atom. The monoisotopic (exact) mass is 752 g/mol. The molecule has 0 saturated carbocycles. The molecule has 0 amide bonds. The normalized spacial score (nSPS) is 12.1. The first-order chi connectivity index (χ1) is 29.3. The molecule has 0 N–H and O–H groups in total. The molecule has 0 bridgehead atoms. The summed E-state index contributed by atoms with van der Waals surface area (Å²) in [7, 11) is 0. The molecule has 5 heterocycles. The van der Waals surface area contributed by atoms with Gasteiger partial charge in [0.15, 0.2) is 5.65 Å². The number of hydrogen-bond acceptors (Lipinski definition) is 3. The van der Waals surface area contributed by atoms with Crippen LogP contribution in [-0.4, -0.2) is 19.1 Å². The molecule has 13 aromatic rings. The molecule has 0 aliphatic heterocycles. The largest absolute Gasteiger partial charge is 0.456 e. The Kier molecular flexibility index (Phi) is 6.66. The van der Waals surface area contributed by atoms with Crippen LogP contribution in [0, 0.1) is 0 Å². The van der Waals surface area contributed by atoms with Gasteiger partial charge >= 0.3 is 0 Å². The van der Waals surface area contributed by atoms with Gasteiger partial charge in [-0.3, -0.25) is 0 Å². The number of rotatable bonds is 4. The van der Waals surface area contributed by atoms with E-state index in [1.807, 2.05) is 12.3 Å². The third-order valence-electron chi connectivity index (χ3n) is 12.2. The zero-order valence-electron chi connectivity index (χ0n) is 31.7. The Balaban J connectivity index is 1.04. The second kappa shape index (κ2) is 12.2. The van der Waals surface area contributed by atoms with Crippen LogP contribution in [0.5, 0.6) is 0 Å². The first-order valence-corrected chi connectivity index (χ1v) is 20.0. The predicted octanol–water partition coefficient (Wildman–Crippen LogP) is 14.2. The van der Waals surface area contributed by atoms with Gasteiger partial charge in [-0.1, -0.05) is 109 Å².